The molecule has 0 spiro atoms. The van der Waals surface area contributed by atoms with Crippen LogP contribution in [0.5, 0.6) is 5.75 Å². The summed E-state index contributed by atoms with van der Waals surface area (Å²) in [6.45, 7) is 4.25. The van der Waals surface area contributed by atoms with Gasteiger partial charge in [0.15, 0.2) is 0 Å². The van der Waals surface area contributed by atoms with Crippen molar-refractivity contribution in [3.63, 3.8) is 0 Å². The summed E-state index contributed by atoms with van der Waals surface area (Å²) in [6, 6.07) is 12.0. The summed E-state index contributed by atoms with van der Waals surface area (Å²) < 4.78 is 5.62. The zero-order valence-corrected chi connectivity index (χ0v) is 8.97. The van der Waals surface area contributed by atoms with Gasteiger partial charge in [0.2, 0.25) is 0 Å². The highest BCUT2D eigenvalue weighted by Crippen LogP contribution is 2.13. The lowest BCUT2D eigenvalue weighted by Gasteiger charge is -2.06. The normalized spacial score (nSPS) is 9.75. The molecule has 1 aromatic carbocycles. The summed E-state index contributed by atoms with van der Waals surface area (Å²) in [5.74, 6) is 0.765. The van der Waals surface area contributed by atoms with Crippen LogP contribution < -0.4 is 4.74 Å². The molecule has 0 radical (unpaired) electrons. The first kappa shape index (κ1) is 10.4. The molecule has 0 saturated heterocycles. The first-order chi connectivity index (χ1) is 7.88. The molecule has 0 N–H and O–H groups in total. The van der Waals surface area contributed by atoms with E-state index in [4.69, 9.17) is 4.74 Å². The van der Waals surface area contributed by atoms with Crippen LogP contribution in [0.25, 0.3) is 6.08 Å². The van der Waals surface area contributed by atoms with Crippen LogP contribution in [-0.4, -0.2) is 4.98 Å². The topological polar surface area (TPSA) is 22.1 Å². The maximum Gasteiger partial charge on any atom is 0.138 e. The third-order valence-electron chi connectivity index (χ3n) is 2.22. The molecule has 0 unspecified atom stereocenters. The minimum Gasteiger partial charge on any atom is -0.487 e. The third kappa shape index (κ3) is 2.70. The van der Waals surface area contributed by atoms with E-state index in [1.165, 1.54) is 0 Å². The van der Waals surface area contributed by atoms with Crippen LogP contribution in [0.4, 0.5) is 0 Å². The monoisotopic (exact) mass is 211 g/mol. The van der Waals surface area contributed by atoms with Crippen LogP contribution in [-0.2, 0) is 6.61 Å². The summed E-state index contributed by atoms with van der Waals surface area (Å²) >= 11 is 0. The summed E-state index contributed by atoms with van der Waals surface area (Å²) in [4.78, 5) is 4.07. The van der Waals surface area contributed by atoms with Crippen molar-refractivity contribution in [1.82, 2.24) is 4.98 Å². The van der Waals surface area contributed by atoms with Gasteiger partial charge in [-0.25, -0.2) is 0 Å². The average Bonchev–Trinajstić information content (AvgIpc) is 2.38. The van der Waals surface area contributed by atoms with Gasteiger partial charge in [-0.05, 0) is 17.2 Å². The first-order valence-electron chi connectivity index (χ1n) is 5.13. The SMILES string of the molecule is C=Cc1cncc(OCc2ccccc2)c1. The predicted molar refractivity (Wildman–Crippen MR) is 65.1 cm³/mol. The van der Waals surface area contributed by atoms with Crippen molar-refractivity contribution in [2.75, 3.05) is 0 Å². The first-order valence-corrected chi connectivity index (χ1v) is 5.13. The fourth-order valence-corrected chi connectivity index (χ4v) is 1.37. The van der Waals surface area contributed by atoms with Crippen molar-refractivity contribution in [1.29, 1.82) is 0 Å². The fourth-order valence-electron chi connectivity index (χ4n) is 1.37. The third-order valence-corrected chi connectivity index (χ3v) is 2.22. The van der Waals surface area contributed by atoms with Gasteiger partial charge >= 0.3 is 0 Å². The molecule has 80 valence electrons. The Labute approximate surface area is 95.2 Å². The lowest BCUT2D eigenvalue weighted by atomic mass is 10.2. The van der Waals surface area contributed by atoms with Crippen molar-refractivity contribution in [2.45, 2.75) is 6.61 Å². The predicted octanol–water partition coefficient (Wildman–Crippen LogP) is 3.30. The lowest BCUT2D eigenvalue weighted by Crippen LogP contribution is -1.95. The molecule has 2 nitrogen and oxygen atoms in total. The van der Waals surface area contributed by atoms with E-state index < -0.39 is 0 Å². The summed E-state index contributed by atoms with van der Waals surface area (Å²) in [7, 11) is 0. The Morgan fingerprint density at radius 1 is 1.19 bits per heavy atom. The van der Waals surface area contributed by atoms with E-state index in [1.54, 1.807) is 18.5 Å². The van der Waals surface area contributed by atoms with Crippen LogP contribution >= 0.6 is 0 Å². The zero-order valence-electron chi connectivity index (χ0n) is 8.97. The Balaban J connectivity index is 2.02. The second kappa shape index (κ2) is 5.12. The number of aromatic nitrogens is 1. The van der Waals surface area contributed by atoms with E-state index in [2.05, 4.69) is 11.6 Å². The Bertz CT molecular complexity index is 465. The number of nitrogens with zero attached hydrogens (tertiary/aromatic N) is 1. The highest BCUT2D eigenvalue weighted by atomic mass is 16.5. The number of rotatable bonds is 4. The molecule has 2 rings (SSSR count). The Kier molecular flexibility index (Phi) is 3.34. The average molecular weight is 211 g/mol. The standard InChI is InChI=1S/C14H13NO/c1-2-12-8-14(10-15-9-12)16-11-13-6-4-3-5-7-13/h2-10H,1,11H2. The summed E-state index contributed by atoms with van der Waals surface area (Å²) in [6.07, 6.45) is 5.21. The second-order valence-electron chi connectivity index (χ2n) is 3.43. The van der Waals surface area contributed by atoms with Gasteiger partial charge in [-0.15, -0.1) is 0 Å². The van der Waals surface area contributed by atoms with E-state index in [-0.39, 0.29) is 0 Å². The smallest absolute Gasteiger partial charge is 0.138 e. The van der Waals surface area contributed by atoms with Crippen LogP contribution in [0.1, 0.15) is 11.1 Å². The van der Waals surface area contributed by atoms with Crippen LogP contribution in [0, 0.1) is 0 Å². The summed E-state index contributed by atoms with van der Waals surface area (Å²) in [5.41, 5.74) is 2.11. The highest BCUT2D eigenvalue weighted by Gasteiger charge is 1.96. The molecule has 1 aromatic heterocycles. The van der Waals surface area contributed by atoms with Gasteiger partial charge in [0.1, 0.15) is 12.4 Å². The number of hydrogen-bond donors (Lipinski definition) is 0. The van der Waals surface area contributed by atoms with Gasteiger partial charge in [-0.2, -0.15) is 0 Å². The molecule has 0 bridgehead atoms. The molecule has 0 amide bonds. The molecule has 1 heterocycles. The van der Waals surface area contributed by atoms with Crippen molar-refractivity contribution >= 4 is 6.08 Å². The molecule has 0 aliphatic rings. The minimum absolute atomic E-state index is 0.559. The molecule has 16 heavy (non-hydrogen) atoms. The zero-order chi connectivity index (χ0) is 11.2. The van der Waals surface area contributed by atoms with Crippen LogP contribution in [0.3, 0.4) is 0 Å². The van der Waals surface area contributed by atoms with Gasteiger partial charge in [-0.1, -0.05) is 43.0 Å². The maximum absolute atomic E-state index is 5.62. The van der Waals surface area contributed by atoms with Crippen molar-refractivity contribution in [3.05, 3.63) is 66.5 Å². The molecule has 0 saturated carbocycles. The quantitative estimate of drug-likeness (QED) is 0.774. The molecular weight excluding hydrogens is 198 g/mol. The molecule has 2 heteroatoms. The van der Waals surface area contributed by atoms with Gasteiger partial charge in [0.05, 0.1) is 6.20 Å². The lowest BCUT2D eigenvalue weighted by molar-refractivity contribution is 0.305. The van der Waals surface area contributed by atoms with Gasteiger partial charge in [0, 0.05) is 6.20 Å². The van der Waals surface area contributed by atoms with E-state index in [1.807, 2.05) is 36.4 Å². The van der Waals surface area contributed by atoms with Gasteiger partial charge in [-0.3, -0.25) is 4.98 Å². The Morgan fingerprint density at radius 3 is 2.75 bits per heavy atom. The molecule has 2 aromatic rings. The molecular formula is C14H13NO. The highest BCUT2D eigenvalue weighted by molar-refractivity contribution is 5.47. The number of ether oxygens (including phenoxy) is 1. The molecule has 0 aliphatic heterocycles. The van der Waals surface area contributed by atoms with Crippen LogP contribution in [0.15, 0.2) is 55.4 Å². The van der Waals surface area contributed by atoms with Crippen LogP contribution in [0.2, 0.25) is 0 Å². The summed E-state index contributed by atoms with van der Waals surface area (Å²) in [5, 5.41) is 0. The van der Waals surface area contributed by atoms with E-state index in [0.29, 0.717) is 6.61 Å². The van der Waals surface area contributed by atoms with E-state index >= 15 is 0 Å². The second-order valence-corrected chi connectivity index (χ2v) is 3.43. The largest absolute Gasteiger partial charge is 0.487 e. The van der Waals surface area contributed by atoms with E-state index in [9.17, 15) is 0 Å². The van der Waals surface area contributed by atoms with Crippen molar-refractivity contribution < 1.29 is 4.74 Å². The number of hydrogen-bond acceptors (Lipinski definition) is 2. The number of pyridine rings is 1. The van der Waals surface area contributed by atoms with Gasteiger partial charge < -0.3 is 4.74 Å². The number of benzene rings is 1. The molecule has 0 aliphatic carbocycles. The Hall–Kier alpha value is -2.09. The minimum atomic E-state index is 0.559. The maximum atomic E-state index is 5.62. The fraction of sp³-hybridized carbons (Fsp3) is 0.0714. The van der Waals surface area contributed by atoms with E-state index in [0.717, 1.165) is 16.9 Å². The molecule has 0 atom stereocenters. The van der Waals surface area contributed by atoms with Gasteiger partial charge in [0.25, 0.3) is 0 Å². The van der Waals surface area contributed by atoms with Crippen molar-refractivity contribution in [3.8, 4) is 5.75 Å². The van der Waals surface area contributed by atoms with Crippen molar-refractivity contribution in [2.24, 2.45) is 0 Å². The Morgan fingerprint density at radius 2 is 2.00 bits per heavy atom. The molecule has 0 fully saturated rings.